The van der Waals surface area contributed by atoms with Crippen molar-refractivity contribution in [3.05, 3.63) is 17.5 Å². The molecule has 6 nitrogen and oxygen atoms in total. The van der Waals surface area contributed by atoms with Crippen LogP contribution < -0.4 is 5.32 Å². The highest BCUT2D eigenvalue weighted by molar-refractivity contribution is 5.90. The van der Waals surface area contributed by atoms with Gasteiger partial charge < -0.3 is 14.7 Å². The summed E-state index contributed by atoms with van der Waals surface area (Å²) in [6, 6.07) is 1.29. The molecule has 2 amide bonds. The number of nitrogens with zero attached hydrogens (tertiary/aromatic N) is 2. The van der Waals surface area contributed by atoms with E-state index >= 15 is 0 Å². The minimum absolute atomic E-state index is 0.0718. The molecule has 0 aromatic carbocycles. The number of rotatable bonds is 2. The topological polar surface area (TPSA) is 75.4 Å². The molecule has 1 aromatic rings. The van der Waals surface area contributed by atoms with E-state index in [9.17, 15) is 9.59 Å². The fourth-order valence-electron chi connectivity index (χ4n) is 2.25. The average molecular weight is 279 g/mol. The van der Waals surface area contributed by atoms with E-state index < -0.39 is 6.04 Å². The average Bonchev–Trinajstić information content (AvgIpc) is 2.68. The van der Waals surface area contributed by atoms with Crippen LogP contribution in [-0.4, -0.2) is 34.5 Å². The summed E-state index contributed by atoms with van der Waals surface area (Å²) < 4.78 is 5.15. The highest BCUT2D eigenvalue weighted by Gasteiger charge is 2.38. The largest absolute Gasteiger partial charge is 0.359 e. The minimum atomic E-state index is -0.512. The predicted molar refractivity (Wildman–Crippen MR) is 72.7 cm³/mol. The van der Waals surface area contributed by atoms with Gasteiger partial charge in [-0.1, -0.05) is 25.9 Å². The second-order valence-electron chi connectivity index (χ2n) is 6.31. The summed E-state index contributed by atoms with van der Waals surface area (Å²) in [6.45, 7) is 8.41. The zero-order valence-corrected chi connectivity index (χ0v) is 12.4. The first kappa shape index (κ1) is 14.6. The highest BCUT2D eigenvalue weighted by atomic mass is 16.5. The van der Waals surface area contributed by atoms with Crippen molar-refractivity contribution in [1.82, 2.24) is 15.4 Å². The van der Waals surface area contributed by atoms with Crippen molar-refractivity contribution in [2.45, 2.75) is 46.7 Å². The van der Waals surface area contributed by atoms with E-state index in [1.807, 2.05) is 27.7 Å². The highest BCUT2D eigenvalue weighted by Crippen LogP contribution is 2.24. The first-order valence-corrected chi connectivity index (χ1v) is 6.78. The molecule has 1 saturated heterocycles. The summed E-state index contributed by atoms with van der Waals surface area (Å²) in [5, 5.41) is 6.63. The Morgan fingerprint density at radius 2 is 2.15 bits per heavy atom. The third-order valence-electron chi connectivity index (χ3n) is 3.36. The van der Waals surface area contributed by atoms with Crippen LogP contribution in [0.4, 0.5) is 0 Å². The SMILES string of the molecule is Cc1cc(CN2CCC(=O)NC(C(C)(C)C)C2=O)on1. The van der Waals surface area contributed by atoms with Gasteiger partial charge in [-0.05, 0) is 12.3 Å². The molecule has 2 rings (SSSR count). The van der Waals surface area contributed by atoms with Crippen molar-refractivity contribution < 1.29 is 14.1 Å². The maximum absolute atomic E-state index is 12.6. The number of hydrogen-bond acceptors (Lipinski definition) is 4. The molecular formula is C14H21N3O3. The van der Waals surface area contributed by atoms with Crippen LogP contribution in [0.2, 0.25) is 0 Å². The lowest BCUT2D eigenvalue weighted by atomic mass is 9.86. The van der Waals surface area contributed by atoms with Gasteiger partial charge in [-0.25, -0.2) is 0 Å². The lowest BCUT2D eigenvalue weighted by Gasteiger charge is -2.31. The van der Waals surface area contributed by atoms with Crippen LogP contribution >= 0.6 is 0 Å². The lowest BCUT2D eigenvalue weighted by Crippen LogP contribution is -2.51. The Bertz CT molecular complexity index is 516. The zero-order chi connectivity index (χ0) is 14.9. The molecule has 0 aliphatic carbocycles. The standard InChI is InChI=1S/C14H21N3O3/c1-9-7-10(20-16-9)8-17-6-5-11(18)15-12(13(17)19)14(2,3)4/h7,12H,5-6,8H2,1-4H3,(H,15,18). The van der Waals surface area contributed by atoms with Crippen LogP contribution in [0.5, 0.6) is 0 Å². The Labute approximate surface area is 118 Å². The number of carbonyl (C=O) groups excluding carboxylic acids is 2. The summed E-state index contributed by atoms with van der Waals surface area (Å²) >= 11 is 0. The molecule has 0 spiro atoms. The van der Waals surface area contributed by atoms with Gasteiger partial charge in [-0.3, -0.25) is 9.59 Å². The van der Waals surface area contributed by atoms with Gasteiger partial charge in [0.2, 0.25) is 11.8 Å². The molecule has 2 heterocycles. The van der Waals surface area contributed by atoms with E-state index in [-0.39, 0.29) is 17.2 Å². The fraction of sp³-hybridized carbons (Fsp3) is 0.643. The molecule has 1 atom stereocenters. The molecule has 0 bridgehead atoms. The Kier molecular flexibility index (Phi) is 3.83. The van der Waals surface area contributed by atoms with Gasteiger partial charge in [0.1, 0.15) is 6.04 Å². The maximum Gasteiger partial charge on any atom is 0.246 e. The molecule has 6 heteroatoms. The number of nitrogens with one attached hydrogen (secondary N) is 1. The normalized spacial score (nSPS) is 20.8. The summed E-state index contributed by atoms with van der Waals surface area (Å²) in [5.41, 5.74) is 0.455. The second kappa shape index (κ2) is 5.26. The molecule has 0 saturated carbocycles. The molecule has 20 heavy (non-hydrogen) atoms. The van der Waals surface area contributed by atoms with Gasteiger partial charge in [0, 0.05) is 19.0 Å². The Morgan fingerprint density at radius 1 is 1.45 bits per heavy atom. The van der Waals surface area contributed by atoms with Crippen LogP contribution in [0.15, 0.2) is 10.6 Å². The summed E-state index contributed by atoms with van der Waals surface area (Å²) in [5.74, 6) is 0.477. The van der Waals surface area contributed by atoms with Gasteiger partial charge in [0.15, 0.2) is 5.76 Å². The van der Waals surface area contributed by atoms with Gasteiger partial charge in [0.25, 0.3) is 0 Å². The number of hydrogen-bond donors (Lipinski definition) is 1. The van der Waals surface area contributed by atoms with E-state index in [0.29, 0.717) is 25.3 Å². The number of amides is 2. The Morgan fingerprint density at radius 3 is 2.70 bits per heavy atom. The van der Waals surface area contributed by atoms with E-state index in [0.717, 1.165) is 5.69 Å². The molecule has 0 radical (unpaired) electrons. The third-order valence-corrected chi connectivity index (χ3v) is 3.36. The van der Waals surface area contributed by atoms with Crippen LogP contribution in [0.3, 0.4) is 0 Å². The first-order chi connectivity index (χ1) is 9.27. The van der Waals surface area contributed by atoms with Crippen molar-refractivity contribution in [3.63, 3.8) is 0 Å². The van der Waals surface area contributed by atoms with Gasteiger partial charge >= 0.3 is 0 Å². The van der Waals surface area contributed by atoms with Crippen molar-refractivity contribution in [1.29, 1.82) is 0 Å². The molecular weight excluding hydrogens is 258 g/mol. The van der Waals surface area contributed by atoms with Crippen molar-refractivity contribution >= 4 is 11.8 Å². The smallest absolute Gasteiger partial charge is 0.246 e. The van der Waals surface area contributed by atoms with Crippen LogP contribution in [0, 0.1) is 12.3 Å². The lowest BCUT2D eigenvalue weighted by molar-refractivity contribution is -0.137. The summed E-state index contributed by atoms with van der Waals surface area (Å²) in [4.78, 5) is 26.0. The summed E-state index contributed by atoms with van der Waals surface area (Å²) in [7, 11) is 0. The Hall–Kier alpha value is -1.85. The van der Waals surface area contributed by atoms with Crippen molar-refractivity contribution in [2.75, 3.05) is 6.54 Å². The van der Waals surface area contributed by atoms with Gasteiger partial charge in [-0.15, -0.1) is 0 Å². The van der Waals surface area contributed by atoms with Crippen LogP contribution in [0.25, 0.3) is 0 Å². The second-order valence-corrected chi connectivity index (χ2v) is 6.31. The fourth-order valence-corrected chi connectivity index (χ4v) is 2.25. The quantitative estimate of drug-likeness (QED) is 0.884. The third kappa shape index (κ3) is 3.18. The molecule has 110 valence electrons. The number of aromatic nitrogens is 1. The van der Waals surface area contributed by atoms with Gasteiger partial charge in [0.05, 0.1) is 12.2 Å². The number of aryl methyl sites for hydroxylation is 1. The molecule has 1 aliphatic rings. The van der Waals surface area contributed by atoms with E-state index in [4.69, 9.17) is 4.52 Å². The van der Waals surface area contributed by atoms with Gasteiger partial charge in [-0.2, -0.15) is 0 Å². The van der Waals surface area contributed by atoms with Crippen LogP contribution in [0.1, 0.15) is 38.6 Å². The monoisotopic (exact) mass is 279 g/mol. The first-order valence-electron chi connectivity index (χ1n) is 6.78. The maximum atomic E-state index is 12.6. The molecule has 1 fully saturated rings. The van der Waals surface area contributed by atoms with Crippen molar-refractivity contribution in [2.24, 2.45) is 5.41 Å². The van der Waals surface area contributed by atoms with E-state index in [1.54, 1.807) is 11.0 Å². The zero-order valence-electron chi connectivity index (χ0n) is 12.4. The van der Waals surface area contributed by atoms with Crippen LogP contribution in [-0.2, 0) is 16.1 Å². The molecule has 1 aliphatic heterocycles. The summed E-state index contributed by atoms with van der Waals surface area (Å²) in [6.07, 6.45) is 0.311. The minimum Gasteiger partial charge on any atom is -0.359 e. The van der Waals surface area contributed by atoms with E-state index in [2.05, 4.69) is 10.5 Å². The van der Waals surface area contributed by atoms with Crippen molar-refractivity contribution in [3.8, 4) is 0 Å². The predicted octanol–water partition coefficient (Wildman–Crippen LogP) is 1.25. The van der Waals surface area contributed by atoms with E-state index in [1.165, 1.54) is 0 Å². The molecule has 1 N–H and O–H groups in total. The number of carbonyl (C=O) groups is 2. The Balaban J connectivity index is 2.19. The molecule has 1 unspecified atom stereocenters. The molecule has 1 aromatic heterocycles.